The number of nitrogens with one attached hydrogen (secondary N) is 1. The second kappa shape index (κ2) is 5.61. The molecule has 8 heteroatoms. The van der Waals surface area contributed by atoms with Crippen molar-refractivity contribution in [1.29, 1.82) is 0 Å². The highest BCUT2D eigenvalue weighted by Crippen LogP contribution is 2.33. The molecule has 0 saturated heterocycles. The fourth-order valence-electron chi connectivity index (χ4n) is 1.61. The Bertz CT molecular complexity index is 689. The average molecular weight is 317 g/mol. The van der Waals surface area contributed by atoms with E-state index in [2.05, 4.69) is 10.3 Å². The number of carboxylic acid groups (broad SMARTS) is 1. The third-order valence-electron chi connectivity index (χ3n) is 2.50. The van der Waals surface area contributed by atoms with Crippen LogP contribution in [0.5, 0.6) is 0 Å². The third-order valence-corrected chi connectivity index (χ3v) is 2.72. The topological polar surface area (TPSA) is 62.2 Å². The summed E-state index contributed by atoms with van der Waals surface area (Å²) in [5, 5.41) is 11.3. The molecule has 0 aliphatic rings. The number of pyridine rings is 1. The number of hydrogen-bond donors (Lipinski definition) is 2. The van der Waals surface area contributed by atoms with Crippen molar-refractivity contribution in [3.63, 3.8) is 0 Å². The first-order valence-corrected chi connectivity index (χ1v) is 5.97. The Kier molecular flexibility index (Phi) is 4.04. The molecule has 0 bridgehead atoms. The van der Waals surface area contributed by atoms with Gasteiger partial charge in [0.15, 0.2) is 0 Å². The number of rotatable bonds is 3. The minimum atomic E-state index is -4.53. The van der Waals surface area contributed by atoms with Crippen molar-refractivity contribution in [2.24, 2.45) is 0 Å². The molecule has 0 amide bonds. The predicted molar refractivity (Wildman–Crippen MR) is 70.9 cm³/mol. The van der Waals surface area contributed by atoms with Crippen LogP contribution in [0.25, 0.3) is 0 Å². The lowest BCUT2D eigenvalue weighted by atomic mass is 10.2. The molecule has 0 radical (unpaired) electrons. The maximum absolute atomic E-state index is 12.7. The van der Waals surface area contributed by atoms with Crippen LogP contribution in [0, 0.1) is 0 Å². The van der Waals surface area contributed by atoms with Gasteiger partial charge in [-0.25, -0.2) is 9.78 Å². The lowest BCUT2D eigenvalue weighted by molar-refractivity contribution is -0.137. The first kappa shape index (κ1) is 15.1. The lowest BCUT2D eigenvalue weighted by Crippen LogP contribution is -2.06. The van der Waals surface area contributed by atoms with Crippen LogP contribution in [0.4, 0.5) is 24.7 Å². The monoisotopic (exact) mass is 316 g/mol. The molecule has 0 saturated carbocycles. The van der Waals surface area contributed by atoms with Crippen LogP contribution in [-0.4, -0.2) is 16.1 Å². The first-order chi connectivity index (χ1) is 9.75. The van der Waals surface area contributed by atoms with Crippen LogP contribution in [0.1, 0.15) is 15.9 Å². The van der Waals surface area contributed by atoms with Crippen molar-refractivity contribution in [2.45, 2.75) is 6.18 Å². The van der Waals surface area contributed by atoms with Gasteiger partial charge in [-0.3, -0.25) is 0 Å². The van der Waals surface area contributed by atoms with Crippen LogP contribution < -0.4 is 5.32 Å². The van der Waals surface area contributed by atoms with E-state index in [1.54, 1.807) is 0 Å². The van der Waals surface area contributed by atoms with Crippen LogP contribution in [0.15, 0.2) is 36.5 Å². The van der Waals surface area contributed by atoms with E-state index in [4.69, 9.17) is 16.7 Å². The molecular weight excluding hydrogens is 309 g/mol. The largest absolute Gasteiger partial charge is 0.478 e. The Morgan fingerprint density at radius 3 is 2.57 bits per heavy atom. The summed E-state index contributed by atoms with van der Waals surface area (Å²) >= 11 is 5.65. The maximum atomic E-state index is 12.7. The molecule has 21 heavy (non-hydrogen) atoms. The van der Waals surface area contributed by atoms with Gasteiger partial charge in [0.2, 0.25) is 0 Å². The summed E-state index contributed by atoms with van der Waals surface area (Å²) in [7, 11) is 0. The highest BCUT2D eigenvalue weighted by molar-refractivity contribution is 6.31. The zero-order valence-corrected chi connectivity index (χ0v) is 11.0. The van der Waals surface area contributed by atoms with Gasteiger partial charge in [0.1, 0.15) is 5.82 Å². The Balaban J connectivity index is 2.33. The summed E-state index contributed by atoms with van der Waals surface area (Å²) in [4.78, 5) is 14.7. The second-order valence-corrected chi connectivity index (χ2v) is 4.52. The molecule has 0 aliphatic carbocycles. The molecule has 1 aromatic carbocycles. The van der Waals surface area contributed by atoms with Crippen molar-refractivity contribution >= 4 is 29.1 Å². The van der Waals surface area contributed by atoms with E-state index in [1.807, 2.05) is 0 Å². The van der Waals surface area contributed by atoms with E-state index in [0.717, 1.165) is 12.1 Å². The highest BCUT2D eigenvalue weighted by atomic mass is 35.5. The maximum Gasteiger partial charge on any atom is 0.416 e. The normalized spacial score (nSPS) is 11.2. The minimum Gasteiger partial charge on any atom is -0.478 e. The summed E-state index contributed by atoms with van der Waals surface area (Å²) in [6, 6.07) is 5.42. The second-order valence-electron chi connectivity index (χ2n) is 4.09. The predicted octanol–water partition coefficient (Wildman–Crippen LogP) is 4.20. The van der Waals surface area contributed by atoms with Gasteiger partial charge in [-0.1, -0.05) is 11.6 Å². The number of aromatic carboxylic acids is 1. The number of carboxylic acids is 1. The molecular formula is C13H8ClF3N2O2. The molecule has 1 aromatic heterocycles. The molecule has 2 aromatic rings. The zero-order chi connectivity index (χ0) is 15.6. The third kappa shape index (κ3) is 3.85. The zero-order valence-electron chi connectivity index (χ0n) is 10.3. The van der Waals surface area contributed by atoms with Crippen LogP contribution >= 0.6 is 11.6 Å². The fraction of sp³-hybridized carbons (Fsp3) is 0.0769. The quantitative estimate of drug-likeness (QED) is 0.891. The van der Waals surface area contributed by atoms with E-state index in [9.17, 15) is 18.0 Å². The number of hydrogen-bond acceptors (Lipinski definition) is 3. The van der Waals surface area contributed by atoms with E-state index >= 15 is 0 Å². The number of carbonyl (C=O) groups is 1. The number of alkyl halides is 3. The SMILES string of the molecule is O=C(O)c1ccnc(Nc2cc(Cl)cc(C(F)(F)F)c2)c1. The van der Waals surface area contributed by atoms with E-state index in [0.29, 0.717) is 0 Å². The molecule has 0 spiro atoms. The minimum absolute atomic E-state index is 0.0365. The van der Waals surface area contributed by atoms with E-state index < -0.39 is 17.7 Å². The van der Waals surface area contributed by atoms with Gasteiger partial charge >= 0.3 is 12.1 Å². The summed E-state index contributed by atoms with van der Waals surface area (Å²) in [5.74, 6) is -1.06. The van der Waals surface area contributed by atoms with Gasteiger partial charge in [-0.05, 0) is 30.3 Å². The van der Waals surface area contributed by atoms with Crippen LogP contribution in [0.3, 0.4) is 0 Å². The van der Waals surface area contributed by atoms with Gasteiger partial charge in [0.25, 0.3) is 0 Å². The van der Waals surface area contributed by atoms with Crippen molar-refractivity contribution in [1.82, 2.24) is 4.98 Å². The standard InChI is InChI=1S/C13H8ClF3N2O2/c14-9-4-8(13(15,16)17)5-10(6-9)19-11-3-7(12(20)21)1-2-18-11/h1-6H,(H,18,19)(H,20,21). The van der Waals surface area contributed by atoms with Crippen LogP contribution in [0.2, 0.25) is 5.02 Å². The van der Waals surface area contributed by atoms with Crippen molar-refractivity contribution in [3.05, 3.63) is 52.7 Å². The first-order valence-electron chi connectivity index (χ1n) is 5.60. The van der Waals surface area contributed by atoms with Crippen LogP contribution in [-0.2, 0) is 6.18 Å². The molecule has 2 N–H and O–H groups in total. The smallest absolute Gasteiger partial charge is 0.416 e. The summed E-state index contributed by atoms with van der Waals surface area (Å²) < 4.78 is 38.0. The molecule has 0 unspecified atom stereocenters. The van der Waals surface area contributed by atoms with E-state index in [-0.39, 0.29) is 22.1 Å². The highest BCUT2D eigenvalue weighted by Gasteiger charge is 2.31. The number of aromatic nitrogens is 1. The summed E-state index contributed by atoms with van der Waals surface area (Å²) in [5.41, 5.74) is -0.887. The Morgan fingerprint density at radius 2 is 1.95 bits per heavy atom. The lowest BCUT2D eigenvalue weighted by Gasteiger charge is -2.11. The fourth-order valence-corrected chi connectivity index (χ4v) is 1.84. The molecule has 0 aliphatic heterocycles. The summed E-state index contributed by atoms with van der Waals surface area (Å²) in [6.45, 7) is 0. The summed E-state index contributed by atoms with van der Waals surface area (Å²) in [6.07, 6.45) is -3.29. The van der Waals surface area contributed by atoms with E-state index in [1.165, 1.54) is 24.4 Å². The molecule has 1 heterocycles. The van der Waals surface area contributed by atoms with Gasteiger partial charge in [-0.2, -0.15) is 13.2 Å². The number of benzene rings is 1. The van der Waals surface area contributed by atoms with Crippen molar-refractivity contribution in [3.8, 4) is 0 Å². The average Bonchev–Trinajstić information content (AvgIpc) is 2.37. The molecule has 4 nitrogen and oxygen atoms in total. The molecule has 0 fully saturated rings. The number of anilines is 2. The Hall–Kier alpha value is -2.28. The Morgan fingerprint density at radius 1 is 1.24 bits per heavy atom. The molecule has 0 atom stereocenters. The Labute approximate surface area is 122 Å². The van der Waals surface area contributed by atoms with Crippen molar-refractivity contribution < 1.29 is 23.1 Å². The molecule has 2 rings (SSSR count). The molecule has 110 valence electrons. The number of halogens is 4. The van der Waals surface area contributed by atoms with Gasteiger partial charge in [0.05, 0.1) is 11.1 Å². The van der Waals surface area contributed by atoms with Crippen molar-refractivity contribution in [2.75, 3.05) is 5.32 Å². The number of nitrogens with zero attached hydrogens (tertiary/aromatic N) is 1. The van der Waals surface area contributed by atoms with Gasteiger partial charge < -0.3 is 10.4 Å². The van der Waals surface area contributed by atoms with Gasteiger partial charge in [-0.15, -0.1) is 0 Å². The van der Waals surface area contributed by atoms with Gasteiger partial charge in [0, 0.05) is 16.9 Å².